The standard InChI is InChI=1S/C24H23FN6O/c1-13-19(16-7-4-8-17(22(26)32)20(16)28-13)23-29-18-9-10-31(2)21(18)24(30-23)27-12-14-5-3-6-15(25)11-14/h3-8,11,28H,9-10,12H2,1-2H3,(H2,26,32)(H,27,29,30). The average Bonchev–Trinajstić information content (AvgIpc) is 3.30. The van der Waals surface area contributed by atoms with E-state index in [9.17, 15) is 9.18 Å². The van der Waals surface area contributed by atoms with E-state index in [0.29, 0.717) is 29.3 Å². The van der Waals surface area contributed by atoms with E-state index in [4.69, 9.17) is 15.7 Å². The molecule has 1 aliphatic rings. The van der Waals surface area contributed by atoms with Crippen LogP contribution in [-0.4, -0.2) is 34.5 Å². The zero-order chi connectivity index (χ0) is 22.4. The largest absolute Gasteiger partial charge is 0.370 e. The van der Waals surface area contributed by atoms with Crippen LogP contribution < -0.4 is 16.0 Å². The maximum absolute atomic E-state index is 13.6. The molecule has 0 saturated heterocycles. The van der Waals surface area contributed by atoms with E-state index in [1.54, 1.807) is 12.1 Å². The van der Waals surface area contributed by atoms with Gasteiger partial charge in [0.1, 0.15) is 11.5 Å². The molecule has 4 aromatic rings. The summed E-state index contributed by atoms with van der Waals surface area (Å²) in [5.74, 6) is 0.521. The number of para-hydroxylation sites is 1. The molecule has 2 aromatic heterocycles. The summed E-state index contributed by atoms with van der Waals surface area (Å²) in [6.45, 7) is 3.22. The van der Waals surface area contributed by atoms with Crippen molar-refractivity contribution in [3.8, 4) is 11.4 Å². The van der Waals surface area contributed by atoms with Gasteiger partial charge in [0.15, 0.2) is 11.6 Å². The number of aromatic amines is 1. The number of primary amides is 1. The number of fused-ring (bicyclic) bond motifs is 2. The highest BCUT2D eigenvalue weighted by Crippen LogP contribution is 2.37. The normalized spacial score (nSPS) is 12.9. The van der Waals surface area contributed by atoms with Crippen molar-refractivity contribution in [2.24, 2.45) is 5.73 Å². The van der Waals surface area contributed by atoms with E-state index in [1.165, 1.54) is 12.1 Å². The van der Waals surface area contributed by atoms with Crippen molar-refractivity contribution >= 4 is 28.3 Å². The predicted octanol–water partition coefficient (Wildman–Crippen LogP) is 3.78. The fraction of sp³-hybridized carbons (Fsp3) is 0.208. The van der Waals surface area contributed by atoms with E-state index in [0.717, 1.165) is 46.6 Å². The van der Waals surface area contributed by atoms with Gasteiger partial charge in [0, 0.05) is 43.2 Å². The lowest BCUT2D eigenvalue weighted by molar-refractivity contribution is 0.100. The highest BCUT2D eigenvalue weighted by atomic mass is 19.1. The van der Waals surface area contributed by atoms with Gasteiger partial charge in [0.2, 0.25) is 0 Å². The van der Waals surface area contributed by atoms with E-state index >= 15 is 0 Å². The Bertz CT molecular complexity index is 1360. The quantitative estimate of drug-likeness (QED) is 0.448. The van der Waals surface area contributed by atoms with Crippen LogP contribution in [0.25, 0.3) is 22.3 Å². The number of anilines is 2. The Balaban J connectivity index is 1.62. The van der Waals surface area contributed by atoms with Crippen LogP contribution in [0.15, 0.2) is 42.5 Å². The summed E-state index contributed by atoms with van der Waals surface area (Å²) in [6.07, 6.45) is 0.809. The molecule has 0 spiro atoms. The number of benzene rings is 2. The number of amides is 1. The Kier molecular flexibility index (Phi) is 4.77. The van der Waals surface area contributed by atoms with Gasteiger partial charge in [-0.05, 0) is 30.7 Å². The number of aromatic nitrogens is 3. The number of carbonyl (C=O) groups is 1. The molecule has 0 saturated carbocycles. The lowest BCUT2D eigenvalue weighted by Gasteiger charge is -2.18. The second-order valence-electron chi connectivity index (χ2n) is 8.06. The molecule has 162 valence electrons. The molecule has 1 aliphatic heterocycles. The molecule has 1 amide bonds. The van der Waals surface area contributed by atoms with Gasteiger partial charge in [-0.15, -0.1) is 0 Å². The molecule has 0 atom stereocenters. The highest BCUT2D eigenvalue weighted by molar-refractivity contribution is 6.09. The van der Waals surface area contributed by atoms with E-state index < -0.39 is 5.91 Å². The number of H-pyrrole nitrogens is 1. The van der Waals surface area contributed by atoms with Crippen LogP contribution in [0.3, 0.4) is 0 Å². The average molecular weight is 430 g/mol. The molecule has 32 heavy (non-hydrogen) atoms. The van der Waals surface area contributed by atoms with Gasteiger partial charge in [-0.3, -0.25) is 4.79 Å². The number of rotatable bonds is 5. The third-order valence-electron chi connectivity index (χ3n) is 5.88. The molecular formula is C24H23FN6O. The topological polar surface area (TPSA) is 99.9 Å². The first kappa shape index (κ1) is 20.0. The maximum atomic E-state index is 13.6. The number of likely N-dealkylation sites (N-methyl/N-ethyl adjacent to an activating group) is 1. The molecule has 0 radical (unpaired) electrons. The van der Waals surface area contributed by atoms with Crippen LogP contribution in [-0.2, 0) is 13.0 Å². The summed E-state index contributed by atoms with van der Waals surface area (Å²) in [4.78, 5) is 27.0. The Morgan fingerprint density at radius 2 is 2.06 bits per heavy atom. The molecule has 0 unspecified atom stereocenters. The molecule has 4 N–H and O–H groups in total. The molecule has 0 aliphatic carbocycles. The first-order valence-electron chi connectivity index (χ1n) is 10.4. The Hall–Kier alpha value is -3.94. The highest BCUT2D eigenvalue weighted by Gasteiger charge is 2.26. The van der Waals surface area contributed by atoms with Gasteiger partial charge >= 0.3 is 0 Å². The van der Waals surface area contributed by atoms with Gasteiger partial charge in [-0.2, -0.15) is 0 Å². The van der Waals surface area contributed by atoms with Crippen LogP contribution in [0.1, 0.15) is 27.3 Å². The number of carbonyl (C=O) groups excluding carboxylic acids is 1. The molecular weight excluding hydrogens is 407 g/mol. The van der Waals surface area contributed by atoms with Gasteiger partial charge in [0.05, 0.1) is 16.8 Å². The maximum Gasteiger partial charge on any atom is 0.250 e. The minimum Gasteiger partial charge on any atom is -0.370 e. The molecule has 7 nitrogen and oxygen atoms in total. The number of hydrogen-bond acceptors (Lipinski definition) is 5. The summed E-state index contributed by atoms with van der Waals surface area (Å²) < 4.78 is 13.6. The molecule has 5 rings (SSSR count). The number of nitrogens with one attached hydrogen (secondary N) is 2. The minimum absolute atomic E-state index is 0.269. The number of aryl methyl sites for hydroxylation is 1. The lowest BCUT2D eigenvalue weighted by atomic mass is 10.1. The molecule has 0 bridgehead atoms. The number of hydrogen-bond donors (Lipinski definition) is 3. The summed E-state index contributed by atoms with van der Waals surface area (Å²) in [6, 6.07) is 11.9. The predicted molar refractivity (Wildman–Crippen MR) is 123 cm³/mol. The second-order valence-corrected chi connectivity index (χ2v) is 8.06. The molecule has 0 fully saturated rings. The third kappa shape index (κ3) is 3.33. The van der Waals surface area contributed by atoms with Crippen LogP contribution in [0.2, 0.25) is 0 Å². The van der Waals surface area contributed by atoms with Crippen LogP contribution in [0.5, 0.6) is 0 Å². The van der Waals surface area contributed by atoms with Crippen LogP contribution in [0.4, 0.5) is 15.9 Å². The second kappa shape index (κ2) is 7.64. The zero-order valence-corrected chi connectivity index (χ0v) is 17.9. The van der Waals surface area contributed by atoms with Crippen molar-refractivity contribution in [1.29, 1.82) is 0 Å². The molecule has 8 heteroatoms. The smallest absolute Gasteiger partial charge is 0.250 e. The van der Waals surface area contributed by atoms with Gasteiger partial charge in [-0.1, -0.05) is 24.3 Å². The van der Waals surface area contributed by atoms with E-state index in [2.05, 4.69) is 15.2 Å². The fourth-order valence-electron chi connectivity index (χ4n) is 4.37. The Morgan fingerprint density at radius 3 is 2.84 bits per heavy atom. The zero-order valence-electron chi connectivity index (χ0n) is 17.9. The summed E-state index contributed by atoms with van der Waals surface area (Å²) >= 11 is 0. The summed E-state index contributed by atoms with van der Waals surface area (Å²) in [7, 11) is 2.01. The van der Waals surface area contributed by atoms with E-state index in [-0.39, 0.29) is 5.82 Å². The van der Waals surface area contributed by atoms with Crippen molar-refractivity contribution in [3.63, 3.8) is 0 Å². The number of halogens is 1. The van der Waals surface area contributed by atoms with Crippen molar-refractivity contribution in [2.45, 2.75) is 19.9 Å². The van der Waals surface area contributed by atoms with Crippen molar-refractivity contribution in [3.05, 3.63) is 70.8 Å². The fourth-order valence-corrected chi connectivity index (χ4v) is 4.37. The van der Waals surface area contributed by atoms with E-state index in [1.807, 2.05) is 32.2 Å². The van der Waals surface area contributed by atoms with Gasteiger partial charge < -0.3 is 20.9 Å². The minimum atomic E-state index is -0.489. The molecule has 3 heterocycles. The third-order valence-corrected chi connectivity index (χ3v) is 5.88. The Labute approximate surface area is 184 Å². The van der Waals surface area contributed by atoms with Crippen molar-refractivity contribution in [2.75, 3.05) is 23.8 Å². The van der Waals surface area contributed by atoms with Gasteiger partial charge in [-0.25, -0.2) is 14.4 Å². The first-order chi connectivity index (χ1) is 15.4. The number of nitrogens with two attached hydrogens (primary N) is 1. The Morgan fingerprint density at radius 1 is 1.25 bits per heavy atom. The molecule has 2 aromatic carbocycles. The lowest BCUT2D eigenvalue weighted by Crippen LogP contribution is -2.16. The van der Waals surface area contributed by atoms with Gasteiger partial charge in [0.25, 0.3) is 5.91 Å². The summed E-state index contributed by atoms with van der Waals surface area (Å²) in [5.41, 5.74) is 11.1. The van der Waals surface area contributed by atoms with Crippen molar-refractivity contribution < 1.29 is 9.18 Å². The number of nitrogens with zero attached hydrogens (tertiary/aromatic N) is 3. The summed E-state index contributed by atoms with van der Waals surface area (Å²) in [5, 5.41) is 4.22. The van der Waals surface area contributed by atoms with Crippen molar-refractivity contribution in [1.82, 2.24) is 15.0 Å². The monoisotopic (exact) mass is 430 g/mol. The first-order valence-corrected chi connectivity index (χ1v) is 10.4. The SMILES string of the molecule is Cc1[nH]c2c(C(N)=O)cccc2c1-c1nc2c(c(NCc3cccc(F)c3)n1)N(C)CC2. The van der Waals surface area contributed by atoms with Crippen LogP contribution in [0, 0.1) is 12.7 Å². The van der Waals surface area contributed by atoms with Crippen LogP contribution >= 0.6 is 0 Å².